The topological polar surface area (TPSA) is 63.0 Å². The maximum Gasteiger partial charge on any atom is 0 e. The fraction of sp³-hybridized carbons (Fsp3) is 0. The first-order valence-electron chi connectivity index (χ1n) is 0. The van der Waals surface area contributed by atoms with Gasteiger partial charge in [-0.2, -0.15) is 0 Å². The van der Waals surface area contributed by atoms with E-state index in [2.05, 4.69) is 0 Å². The molecule has 4 N–H and O–H groups in total. The summed E-state index contributed by atoms with van der Waals surface area (Å²) in [5.74, 6) is 0. The van der Waals surface area contributed by atoms with Gasteiger partial charge in [0.05, 0.1) is 0 Å². The Bertz CT molecular complexity index is 4.85. The van der Waals surface area contributed by atoms with Gasteiger partial charge in [-0.25, -0.2) is 0 Å². The van der Waals surface area contributed by atoms with E-state index in [1.807, 2.05) is 0 Å². The summed E-state index contributed by atoms with van der Waals surface area (Å²) in [4.78, 5) is 0. The van der Waals surface area contributed by atoms with Crippen molar-refractivity contribution in [3.63, 3.8) is 0 Å². The van der Waals surface area contributed by atoms with Crippen LogP contribution in [0.5, 0.6) is 0 Å². The minimum Gasteiger partial charge on any atom is -0.412 e. The van der Waals surface area contributed by atoms with Crippen molar-refractivity contribution in [3.05, 3.63) is 0 Å². The molecule has 0 bridgehead atoms. The maximum atomic E-state index is 0. The van der Waals surface area contributed by atoms with Crippen molar-refractivity contribution < 1.29 is 11.0 Å². The molecule has 5 heteroatoms. The molecule has 0 saturated heterocycles. The molecule has 0 aromatic rings. The summed E-state index contributed by atoms with van der Waals surface area (Å²) in [6.45, 7) is 0. The van der Waals surface area contributed by atoms with Crippen molar-refractivity contribution in [2.75, 3.05) is 0 Å². The molecule has 0 aliphatic rings. The van der Waals surface area contributed by atoms with Gasteiger partial charge >= 0.3 is 0 Å². The molecular weight excluding hydrogens is 152 g/mol. The van der Waals surface area contributed by atoms with E-state index in [0.717, 1.165) is 0 Å². The summed E-state index contributed by atoms with van der Waals surface area (Å²) in [6.07, 6.45) is 0. The second-order valence-corrected chi connectivity index (χ2v) is 0. The molecule has 0 amide bonds. The van der Waals surface area contributed by atoms with Crippen LogP contribution < -0.4 is 0 Å². The molecule has 0 aromatic carbocycles. The van der Waals surface area contributed by atoms with Crippen molar-refractivity contribution in [2.24, 2.45) is 0 Å². The Morgan fingerprint density at radius 3 is 0.400 bits per heavy atom. The summed E-state index contributed by atoms with van der Waals surface area (Å²) in [5.41, 5.74) is 0. The minimum atomic E-state index is 0. The Labute approximate surface area is 121 Å². The molecule has 0 aliphatic carbocycles. The molecule has 0 rings (SSSR count). The first-order chi connectivity index (χ1) is 0. The van der Waals surface area contributed by atoms with Crippen LogP contribution in [0.1, 0.15) is 0 Å². The van der Waals surface area contributed by atoms with Crippen LogP contribution in [0.15, 0.2) is 0 Å². The van der Waals surface area contributed by atoms with Gasteiger partial charge in [-0.05, 0) is 0 Å². The van der Waals surface area contributed by atoms with Crippen molar-refractivity contribution >= 4 is 113 Å². The van der Waals surface area contributed by atoms with Crippen LogP contribution in [0.25, 0.3) is 0 Å². The van der Waals surface area contributed by atoms with Crippen LogP contribution in [0.4, 0.5) is 0 Å². The van der Waals surface area contributed by atoms with Crippen LogP contribution in [0.3, 0.4) is 0 Å². The third-order valence-corrected chi connectivity index (χ3v) is 0. The Morgan fingerprint density at radius 2 is 0.400 bits per heavy atom. The van der Waals surface area contributed by atoms with Gasteiger partial charge in [0.2, 0.25) is 0 Å². The van der Waals surface area contributed by atoms with Crippen molar-refractivity contribution in [2.45, 2.75) is 0 Å². The molecule has 0 aromatic heterocycles. The monoisotopic (exact) mass is 156 g/mol. The summed E-state index contributed by atoms with van der Waals surface area (Å²) in [5, 5.41) is 0. The average molecular weight is 156 g/mol. The number of hydrogen-bond donors (Lipinski definition) is 0. The molecule has 22 valence electrons. The molecule has 2 nitrogen and oxygen atoms in total. The van der Waals surface area contributed by atoms with Gasteiger partial charge in [0, 0.05) is 113 Å². The van der Waals surface area contributed by atoms with E-state index >= 15 is 0 Å². The van der Waals surface area contributed by atoms with E-state index in [0.29, 0.717) is 0 Å². The van der Waals surface area contributed by atoms with Crippen LogP contribution in [0.2, 0.25) is 0 Å². The Morgan fingerprint density at radius 1 is 0.400 bits per heavy atom. The molecule has 0 aliphatic heterocycles. The summed E-state index contributed by atoms with van der Waals surface area (Å²) < 4.78 is 0. The zero-order valence-corrected chi connectivity index (χ0v) is 9.75. The Balaban J connectivity index is 0. The fourth-order valence-corrected chi connectivity index (χ4v) is 0. The first kappa shape index (κ1) is 37.7. The van der Waals surface area contributed by atoms with Gasteiger partial charge in [-0.3, -0.25) is 0 Å². The normalized spacial score (nSPS) is 0. The number of hydrogen-bond acceptors (Lipinski definition) is 0. The van der Waals surface area contributed by atoms with Crippen LogP contribution in [0, 0.1) is 0 Å². The van der Waals surface area contributed by atoms with E-state index in [9.17, 15) is 0 Å². The largest absolute Gasteiger partial charge is 0.412 e. The average Bonchev–Trinajstić information content (AvgIpc) is 0. The maximum absolute atomic E-state index is 0. The standard InChI is InChI=1S/3Ca.2H2O/h;;;2*1H2. The molecule has 0 spiro atoms. The molecule has 0 heterocycles. The van der Waals surface area contributed by atoms with Gasteiger partial charge in [0.15, 0.2) is 0 Å². The first-order valence-corrected chi connectivity index (χ1v) is 0. The Kier molecular flexibility index (Phi) is 190. The van der Waals surface area contributed by atoms with E-state index in [1.165, 1.54) is 0 Å². The van der Waals surface area contributed by atoms with Crippen LogP contribution in [-0.2, 0) is 0 Å². The molecule has 6 radical (unpaired) electrons. The third kappa shape index (κ3) is 18.3. The zero-order chi connectivity index (χ0) is 0. The zero-order valence-electron chi connectivity index (χ0n) is 3.12. The van der Waals surface area contributed by atoms with E-state index in [-0.39, 0.29) is 124 Å². The van der Waals surface area contributed by atoms with Gasteiger partial charge < -0.3 is 11.0 Å². The second-order valence-electron chi connectivity index (χ2n) is 0. The predicted molar refractivity (Wildman–Crippen MR) is 24.5 cm³/mol. The molecule has 0 atom stereocenters. The molecule has 0 fully saturated rings. The van der Waals surface area contributed by atoms with E-state index < -0.39 is 0 Å². The number of rotatable bonds is 0. The van der Waals surface area contributed by atoms with E-state index in [1.54, 1.807) is 0 Å². The summed E-state index contributed by atoms with van der Waals surface area (Å²) >= 11 is 0. The smallest absolute Gasteiger partial charge is 0 e. The third-order valence-electron chi connectivity index (χ3n) is 0. The quantitative estimate of drug-likeness (QED) is 0.340. The summed E-state index contributed by atoms with van der Waals surface area (Å²) in [7, 11) is 0. The Hall–Kier alpha value is 3.70. The van der Waals surface area contributed by atoms with Crippen molar-refractivity contribution in [1.82, 2.24) is 0 Å². The fourth-order valence-electron chi connectivity index (χ4n) is 0. The van der Waals surface area contributed by atoms with Crippen LogP contribution >= 0.6 is 0 Å². The molecule has 0 unspecified atom stereocenters. The molecular formula is H4Ca3O2. The second kappa shape index (κ2) is 25.3. The minimum absolute atomic E-state index is 0. The van der Waals surface area contributed by atoms with Gasteiger partial charge in [0.1, 0.15) is 0 Å². The van der Waals surface area contributed by atoms with Crippen molar-refractivity contribution in [3.8, 4) is 0 Å². The predicted octanol–water partition coefficient (Wildman–Crippen LogP) is -2.79. The molecule has 5 heavy (non-hydrogen) atoms. The van der Waals surface area contributed by atoms with Gasteiger partial charge in [-0.15, -0.1) is 0 Å². The van der Waals surface area contributed by atoms with E-state index in [4.69, 9.17) is 0 Å². The van der Waals surface area contributed by atoms with Crippen LogP contribution in [-0.4, -0.2) is 124 Å². The SMILES string of the molecule is O.O.[Ca].[Ca].[Ca]. The molecule has 0 saturated carbocycles. The summed E-state index contributed by atoms with van der Waals surface area (Å²) in [6, 6.07) is 0. The van der Waals surface area contributed by atoms with Crippen molar-refractivity contribution in [1.29, 1.82) is 0 Å². The van der Waals surface area contributed by atoms with Gasteiger partial charge in [-0.1, -0.05) is 0 Å². The van der Waals surface area contributed by atoms with Gasteiger partial charge in [0.25, 0.3) is 0 Å².